The molecule has 0 saturated heterocycles. The Morgan fingerprint density at radius 2 is 2.00 bits per heavy atom. The highest BCUT2D eigenvalue weighted by Crippen LogP contribution is 2.17. The summed E-state index contributed by atoms with van der Waals surface area (Å²) in [5.74, 6) is 0.634. The average Bonchev–Trinajstić information content (AvgIpc) is 2.57. The molecule has 6 heteroatoms. The maximum Gasteiger partial charge on any atom is 0.255 e. The molecule has 0 bridgehead atoms. The first-order valence-electron chi connectivity index (χ1n) is 8.05. The van der Waals surface area contributed by atoms with Crippen LogP contribution < -0.4 is 21.1 Å². The highest BCUT2D eigenvalue weighted by Gasteiger charge is 2.11. The summed E-state index contributed by atoms with van der Waals surface area (Å²) in [4.78, 5) is 23.8. The molecule has 1 atom stereocenters. The minimum atomic E-state index is -0.189. The summed E-state index contributed by atoms with van der Waals surface area (Å²) in [6.45, 7) is 5.94. The first-order chi connectivity index (χ1) is 11.1. The van der Waals surface area contributed by atoms with Gasteiger partial charge in [-0.25, -0.2) is 0 Å². The number of ether oxygens (including phenoxy) is 1. The third-order valence-electron chi connectivity index (χ3n) is 3.35. The highest BCUT2D eigenvalue weighted by molar-refractivity contribution is 5.96. The molecule has 1 aromatic carbocycles. The average molecular weight is 321 g/mol. The Morgan fingerprint density at radius 1 is 1.26 bits per heavy atom. The van der Waals surface area contributed by atoms with Gasteiger partial charge < -0.3 is 21.1 Å². The molecule has 4 N–H and O–H groups in total. The molecule has 128 valence electrons. The Hall–Kier alpha value is -2.08. The van der Waals surface area contributed by atoms with E-state index in [-0.39, 0.29) is 17.7 Å². The molecular weight excluding hydrogens is 294 g/mol. The summed E-state index contributed by atoms with van der Waals surface area (Å²) in [5, 5.41) is 5.64. The third kappa shape index (κ3) is 7.15. The van der Waals surface area contributed by atoms with Gasteiger partial charge in [0.1, 0.15) is 5.75 Å². The van der Waals surface area contributed by atoms with Crippen LogP contribution in [0.2, 0.25) is 0 Å². The largest absolute Gasteiger partial charge is 0.493 e. The lowest BCUT2D eigenvalue weighted by molar-refractivity contribution is -0.121. The van der Waals surface area contributed by atoms with E-state index in [0.29, 0.717) is 50.4 Å². The monoisotopic (exact) mass is 321 g/mol. The van der Waals surface area contributed by atoms with Crippen molar-refractivity contribution in [2.24, 2.45) is 11.7 Å². The summed E-state index contributed by atoms with van der Waals surface area (Å²) >= 11 is 0. The van der Waals surface area contributed by atoms with Gasteiger partial charge in [0.15, 0.2) is 0 Å². The lowest BCUT2D eigenvalue weighted by Gasteiger charge is -2.11. The van der Waals surface area contributed by atoms with Gasteiger partial charge in [0.2, 0.25) is 5.91 Å². The maximum atomic E-state index is 12.1. The zero-order chi connectivity index (χ0) is 17.1. The van der Waals surface area contributed by atoms with Gasteiger partial charge in [-0.2, -0.15) is 0 Å². The van der Waals surface area contributed by atoms with E-state index in [9.17, 15) is 9.59 Å². The molecule has 0 aromatic heterocycles. The molecule has 0 radical (unpaired) electrons. The van der Waals surface area contributed by atoms with E-state index >= 15 is 0 Å². The molecule has 6 nitrogen and oxygen atoms in total. The summed E-state index contributed by atoms with van der Waals surface area (Å²) in [7, 11) is 0. The summed E-state index contributed by atoms with van der Waals surface area (Å²) in [6.07, 6.45) is 0.968. The predicted molar refractivity (Wildman–Crippen MR) is 90.4 cm³/mol. The van der Waals surface area contributed by atoms with E-state index in [2.05, 4.69) is 10.6 Å². The standard InChI is InChI=1S/C17H27N3O3/c1-3-23-15-8-5-4-7-14(15)17(22)19-10-6-9-16(21)20-12-13(2)11-18/h4-5,7-8,13H,3,6,9-12,18H2,1-2H3,(H,19,22)(H,20,21). The van der Waals surface area contributed by atoms with Crippen LogP contribution in [0, 0.1) is 5.92 Å². The zero-order valence-corrected chi connectivity index (χ0v) is 13.9. The number of nitrogens with two attached hydrogens (primary N) is 1. The molecule has 1 unspecified atom stereocenters. The molecule has 1 rings (SSSR count). The third-order valence-corrected chi connectivity index (χ3v) is 3.35. The van der Waals surface area contributed by atoms with Crippen molar-refractivity contribution in [3.63, 3.8) is 0 Å². The summed E-state index contributed by atoms with van der Waals surface area (Å²) < 4.78 is 5.43. The van der Waals surface area contributed by atoms with E-state index in [1.165, 1.54) is 0 Å². The number of rotatable bonds is 10. The lowest BCUT2D eigenvalue weighted by Crippen LogP contribution is -2.32. The van der Waals surface area contributed by atoms with Gasteiger partial charge in [0.05, 0.1) is 12.2 Å². The van der Waals surface area contributed by atoms with Gasteiger partial charge >= 0.3 is 0 Å². The smallest absolute Gasteiger partial charge is 0.255 e. The maximum absolute atomic E-state index is 12.1. The number of carbonyl (C=O) groups is 2. The molecule has 0 heterocycles. The van der Waals surface area contributed by atoms with Gasteiger partial charge in [0.25, 0.3) is 5.91 Å². The first kappa shape index (κ1) is 19.0. The minimum absolute atomic E-state index is 0.0192. The molecule has 2 amide bonds. The van der Waals surface area contributed by atoms with Crippen molar-refractivity contribution in [1.29, 1.82) is 0 Å². The Bertz CT molecular complexity index is 506. The van der Waals surface area contributed by atoms with Crippen LogP contribution in [0.4, 0.5) is 0 Å². The number of hydrogen-bond donors (Lipinski definition) is 3. The number of para-hydroxylation sites is 1. The van der Waals surface area contributed by atoms with Crippen LogP contribution in [0.3, 0.4) is 0 Å². The van der Waals surface area contributed by atoms with Crippen LogP contribution in [-0.4, -0.2) is 38.1 Å². The fourth-order valence-electron chi connectivity index (χ4n) is 1.94. The lowest BCUT2D eigenvalue weighted by atomic mass is 10.1. The van der Waals surface area contributed by atoms with Gasteiger partial charge in [-0.3, -0.25) is 9.59 Å². The quantitative estimate of drug-likeness (QED) is 0.566. The van der Waals surface area contributed by atoms with Crippen molar-refractivity contribution in [3.05, 3.63) is 29.8 Å². The van der Waals surface area contributed by atoms with E-state index in [4.69, 9.17) is 10.5 Å². The highest BCUT2D eigenvalue weighted by atomic mass is 16.5. The SMILES string of the molecule is CCOc1ccccc1C(=O)NCCCC(=O)NCC(C)CN. The van der Waals surface area contributed by atoms with E-state index in [0.717, 1.165) is 0 Å². The number of benzene rings is 1. The molecule has 1 aromatic rings. The second kappa shape index (κ2) is 10.6. The zero-order valence-electron chi connectivity index (χ0n) is 13.9. The van der Waals surface area contributed by atoms with Crippen molar-refractivity contribution < 1.29 is 14.3 Å². The van der Waals surface area contributed by atoms with Gasteiger partial charge in [-0.05, 0) is 37.9 Å². The minimum Gasteiger partial charge on any atom is -0.493 e. The van der Waals surface area contributed by atoms with Gasteiger partial charge in [-0.1, -0.05) is 19.1 Å². The molecule has 23 heavy (non-hydrogen) atoms. The molecule has 0 aliphatic rings. The molecular formula is C17H27N3O3. The fraction of sp³-hybridized carbons (Fsp3) is 0.529. The van der Waals surface area contributed by atoms with Crippen LogP contribution in [0.5, 0.6) is 5.75 Å². The second-order valence-electron chi connectivity index (χ2n) is 5.43. The van der Waals surface area contributed by atoms with Crippen molar-refractivity contribution >= 4 is 11.8 Å². The van der Waals surface area contributed by atoms with Gasteiger partial charge in [0, 0.05) is 19.5 Å². The second-order valence-corrected chi connectivity index (χ2v) is 5.43. The molecule has 0 spiro atoms. The van der Waals surface area contributed by atoms with E-state index in [1.54, 1.807) is 18.2 Å². The number of carbonyl (C=O) groups excluding carboxylic acids is 2. The molecule has 0 aliphatic heterocycles. The Labute approximate surface area is 137 Å². The van der Waals surface area contributed by atoms with Crippen LogP contribution in [-0.2, 0) is 4.79 Å². The predicted octanol–water partition coefficient (Wildman–Crippen LogP) is 1.31. The normalized spacial score (nSPS) is 11.6. The molecule has 0 aliphatic carbocycles. The number of amides is 2. The number of nitrogens with one attached hydrogen (secondary N) is 2. The summed E-state index contributed by atoms with van der Waals surface area (Å²) in [5.41, 5.74) is 6.00. The van der Waals surface area contributed by atoms with Crippen LogP contribution in [0.1, 0.15) is 37.0 Å². The van der Waals surface area contributed by atoms with Crippen molar-refractivity contribution in [3.8, 4) is 5.75 Å². The van der Waals surface area contributed by atoms with Crippen LogP contribution >= 0.6 is 0 Å². The first-order valence-corrected chi connectivity index (χ1v) is 8.05. The Balaban J connectivity index is 2.30. The summed E-state index contributed by atoms with van der Waals surface area (Å²) in [6, 6.07) is 7.11. The fourth-order valence-corrected chi connectivity index (χ4v) is 1.94. The Morgan fingerprint density at radius 3 is 2.70 bits per heavy atom. The van der Waals surface area contributed by atoms with Crippen molar-refractivity contribution in [2.45, 2.75) is 26.7 Å². The number of hydrogen-bond acceptors (Lipinski definition) is 4. The van der Waals surface area contributed by atoms with Gasteiger partial charge in [-0.15, -0.1) is 0 Å². The van der Waals surface area contributed by atoms with Crippen LogP contribution in [0.25, 0.3) is 0 Å². The van der Waals surface area contributed by atoms with Crippen LogP contribution in [0.15, 0.2) is 24.3 Å². The van der Waals surface area contributed by atoms with E-state index < -0.39 is 0 Å². The Kier molecular flexibility index (Phi) is 8.75. The molecule has 0 saturated carbocycles. The van der Waals surface area contributed by atoms with E-state index in [1.807, 2.05) is 19.9 Å². The van der Waals surface area contributed by atoms with Crippen molar-refractivity contribution in [1.82, 2.24) is 10.6 Å². The van der Waals surface area contributed by atoms with Crippen molar-refractivity contribution in [2.75, 3.05) is 26.2 Å². The topological polar surface area (TPSA) is 93.4 Å². The molecule has 0 fully saturated rings.